The Bertz CT molecular complexity index is 441. The highest BCUT2D eigenvalue weighted by atomic mass is 16.2. The molecule has 1 heterocycles. The van der Waals surface area contributed by atoms with E-state index in [-0.39, 0.29) is 6.03 Å². The van der Waals surface area contributed by atoms with E-state index in [9.17, 15) is 4.79 Å². The lowest BCUT2D eigenvalue weighted by molar-refractivity contribution is 0.203. The number of hydrogen-bond acceptors (Lipinski definition) is 2. The number of carbonyl (C=O) groups excluding carboxylic acids is 1. The first-order chi connectivity index (χ1) is 9.26. The average molecular weight is 261 g/mol. The third kappa shape index (κ3) is 3.19. The summed E-state index contributed by atoms with van der Waals surface area (Å²) < 4.78 is 0. The SMILES string of the molecule is CCN(CC)C(=O)NCc1cccc2c1NCCC2. The lowest BCUT2D eigenvalue weighted by atomic mass is 9.99. The van der Waals surface area contributed by atoms with Gasteiger partial charge >= 0.3 is 6.03 Å². The third-order valence-electron chi connectivity index (χ3n) is 3.64. The van der Waals surface area contributed by atoms with Crippen molar-refractivity contribution in [3.8, 4) is 0 Å². The van der Waals surface area contributed by atoms with Gasteiger partial charge < -0.3 is 15.5 Å². The zero-order chi connectivity index (χ0) is 13.7. The quantitative estimate of drug-likeness (QED) is 0.875. The van der Waals surface area contributed by atoms with Crippen molar-refractivity contribution in [2.75, 3.05) is 25.0 Å². The minimum atomic E-state index is 0.0124. The van der Waals surface area contributed by atoms with Crippen LogP contribution in [-0.2, 0) is 13.0 Å². The summed E-state index contributed by atoms with van der Waals surface area (Å²) in [5.74, 6) is 0. The molecule has 0 aliphatic carbocycles. The molecule has 4 heteroatoms. The summed E-state index contributed by atoms with van der Waals surface area (Å²) in [5, 5.41) is 6.45. The van der Waals surface area contributed by atoms with Gasteiger partial charge in [-0.3, -0.25) is 0 Å². The van der Waals surface area contributed by atoms with Gasteiger partial charge in [0.15, 0.2) is 0 Å². The molecule has 0 bridgehead atoms. The van der Waals surface area contributed by atoms with Crippen LogP contribution < -0.4 is 10.6 Å². The average Bonchev–Trinajstić information content (AvgIpc) is 2.46. The van der Waals surface area contributed by atoms with Crippen molar-refractivity contribution in [2.24, 2.45) is 0 Å². The Labute approximate surface area is 115 Å². The molecular formula is C15H23N3O. The predicted molar refractivity (Wildman–Crippen MR) is 78.4 cm³/mol. The van der Waals surface area contributed by atoms with Crippen molar-refractivity contribution in [2.45, 2.75) is 33.2 Å². The smallest absolute Gasteiger partial charge is 0.317 e. The number of amides is 2. The number of para-hydroxylation sites is 1. The summed E-state index contributed by atoms with van der Waals surface area (Å²) in [7, 11) is 0. The molecule has 1 aliphatic heterocycles. The molecule has 0 fully saturated rings. The van der Waals surface area contributed by atoms with Crippen molar-refractivity contribution < 1.29 is 4.79 Å². The maximum atomic E-state index is 11.9. The molecule has 0 radical (unpaired) electrons. The van der Waals surface area contributed by atoms with Crippen LogP contribution in [0.25, 0.3) is 0 Å². The number of hydrogen-bond donors (Lipinski definition) is 2. The normalized spacial score (nSPS) is 13.4. The van der Waals surface area contributed by atoms with Gasteiger partial charge in [-0.25, -0.2) is 4.79 Å². The van der Waals surface area contributed by atoms with E-state index in [1.54, 1.807) is 4.90 Å². The van der Waals surface area contributed by atoms with Gasteiger partial charge in [-0.1, -0.05) is 18.2 Å². The molecule has 0 unspecified atom stereocenters. The van der Waals surface area contributed by atoms with Crippen LogP contribution in [0, 0.1) is 0 Å². The van der Waals surface area contributed by atoms with Crippen molar-refractivity contribution in [3.05, 3.63) is 29.3 Å². The molecule has 2 N–H and O–H groups in total. The molecule has 4 nitrogen and oxygen atoms in total. The fourth-order valence-electron chi connectivity index (χ4n) is 2.52. The van der Waals surface area contributed by atoms with Gasteiger partial charge in [0.1, 0.15) is 0 Å². The second-order valence-corrected chi connectivity index (χ2v) is 4.81. The first-order valence-electron chi connectivity index (χ1n) is 7.13. The number of benzene rings is 1. The van der Waals surface area contributed by atoms with Gasteiger partial charge in [0.25, 0.3) is 0 Å². The van der Waals surface area contributed by atoms with Crippen LogP contribution in [0.2, 0.25) is 0 Å². The summed E-state index contributed by atoms with van der Waals surface area (Å²) in [6.07, 6.45) is 2.31. The molecule has 1 aromatic rings. The number of carbonyl (C=O) groups is 1. The largest absolute Gasteiger partial charge is 0.385 e. The van der Waals surface area contributed by atoms with Crippen LogP contribution in [0.4, 0.5) is 10.5 Å². The highest BCUT2D eigenvalue weighted by Crippen LogP contribution is 2.25. The Balaban J connectivity index is 2.02. The number of rotatable bonds is 4. The van der Waals surface area contributed by atoms with E-state index in [1.165, 1.54) is 23.2 Å². The standard InChI is InChI=1S/C15H23N3O/c1-3-18(4-2)15(19)17-11-13-8-5-7-12-9-6-10-16-14(12)13/h5,7-8,16H,3-4,6,9-11H2,1-2H3,(H,17,19). The minimum Gasteiger partial charge on any atom is -0.385 e. The molecule has 1 aromatic carbocycles. The van der Waals surface area contributed by atoms with Crippen LogP contribution >= 0.6 is 0 Å². The Morgan fingerprint density at radius 3 is 2.89 bits per heavy atom. The summed E-state index contributed by atoms with van der Waals surface area (Å²) in [4.78, 5) is 13.7. The minimum absolute atomic E-state index is 0.0124. The fraction of sp³-hybridized carbons (Fsp3) is 0.533. The van der Waals surface area contributed by atoms with E-state index in [0.717, 1.165) is 26.1 Å². The molecule has 0 saturated heterocycles. The van der Waals surface area contributed by atoms with Gasteiger partial charge in [-0.15, -0.1) is 0 Å². The second-order valence-electron chi connectivity index (χ2n) is 4.81. The molecule has 1 aliphatic rings. The van der Waals surface area contributed by atoms with Crippen molar-refractivity contribution >= 4 is 11.7 Å². The zero-order valence-electron chi connectivity index (χ0n) is 11.8. The molecule has 2 rings (SSSR count). The summed E-state index contributed by atoms with van der Waals surface area (Å²) in [6.45, 7) is 7.09. The zero-order valence-corrected chi connectivity index (χ0v) is 11.8. The summed E-state index contributed by atoms with van der Waals surface area (Å²) in [5.41, 5.74) is 3.76. The van der Waals surface area contributed by atoms with Crippen molar-refractivity contribution in [3.63, 3.8) is 0 Å². The second kappa shape index (κ2) is 6.45. The highest BCUT2D eigenvalue weighted by Gasteiger charge is 2.14. The molecule has 0 saturated carbocycles. The number of nitrogens with zero attached hydrogens (tertiary/aromatic N) is 1. The highest BCUT2D eigenvalue weighted by molar-refractivity contribution is 5.74. The molecule has 0 aromatic heterocycles. The number of urea groups is 1. The van der Waals surface area contributed by atoms with Crippen molar-refractivity contribution in [1.29, 1.82) is 0 Å². The van der Waals surface area contributed by atoms with E-state index in [4.69, 9.17) is 0 Å². The fourth-order valence-corrected chi connectivity index (χ4v) is 2.52. The molecule has 0 spiro atoms. The van der Waals surface area contributed by atoms with Crippen LogP contribution in [0.5, 0.6) is 0 Å². The lowest BCUT2D eigenvalue weighted by Crippen LogP contribution is -2.39. The predicted octanol–water partition coefficient (Wildman–Crippen LogP) is 2.60. The summed E-state index contributed by atoms with van der Waals surface area (Å²) in [6, 6.07) is 6.33. The maximum absolute atomic E-state index is 11.9. The van der Waals surface area contributed by atoms with Gasteiger partial charge in [0.2, 0.25) is 0 Å². The van der Waals surface area contributed by atoms with Crippen LogP contribution in [0.3, 0.4) is 0 Å². The Kier molecular flexibility index (Phi) is 4.66. The Morgan fingerprint density at radius 1 is 1.37 bits per heavy atom. The van der Waals surface area contributed by atoms with Crippen LogP contribution in [-0.4, -0.2) is 30.6 Å². The molecule has 0 atom stereocenters. The lowest BCUT2D eigenvalue weighted by Gasteiger charge is -2.23. The van der Waals surface area contributed by atoms with E-state index >= 15 is 0 Å². The van der Waals surface area contributed by atoms with Gasteiger partial charge in [-0.05, 0) is 37.8 Å². The summed E-state index contributed by atoms with van der Waals surface area (Å²) >= 11 is 0. The molecule has 19 heavy (non-hydrogen) atoms. The van der Waals surface area contributed by atoms with Gasteiger partial charge in [0.05, 0.1) is 0 Å². The topological polar surface area (TPSA) is 44.4 Å². The van der Waals surface area contributed by atoms with Gasteiger partial charge in [-0.2, -0.15) is 0 Å². The first kappa shape index (κ1) is 13.7. The number of aryl methyl sites for hydroxylation is 1. The van der Waals surface area contributed by atoms with Gasteiger partial charge in [0, 0.05) is 31.9 Å². The molecular weight excluding hydrogens is 238 g/mol. The maximum Gasteiger partial charge on any atom is 0.317 e. The third-order valence-corrected chi connectivity index (χ3v) is 3.64. The number of anilines is 1. The van der Waals surface area contributed by atoms with E-state index in [1.807, 2.05) is 13.8 Å². The van der Waals surface area contributed by atoms with Crippen molar-refractivity contribution in [1.82, 2.24) is 10.2 Å². The molecule has 104 valence electrons. The number of nitrogens with one attached hydrogen (secondary N) is 2. The molecule has 2 amide bonds. The van der Waals surface area contributed by atoms with Crippen LogP contribution in [0.1, 0.15) is 31.4 Å². The van der Waals surface area contributed by atoms with E-state index in [0.29, 0.717) is 6.54 Å². The Morgan fingerprint density at radius 2 is 2.16 bits per heavy atom. The van der Waals surface area contributed by atoms with Crippen LogP contribution in [0.15, 0.2) is 18.2 Å². The number of fused-ring (bicyclic) bond motifs is 1. The van der Waals surface area contributed by atoms with E-state index in [2.05, 4.69) is 28.8 Å². The monoisotopic (exact) mass is 261 g/mol. The first-order valence-corrected chi connectivity index (χ1v) is 7.13. The Hall–Kier alpha value is -1.71. The van der Waals surface area contributed by atoms with E-state index < -0.39 is 0 Å².